The van der Waals surface area contributed by atoms with Gasteiger partial charge in [0.2, 0.25) is 0 Å². The Morgan fingerprint density at radius 3 is 2.54 bits per heavy atom. The fourth-order valence-corrected chi connectivity index (χ4v) is 4.14. The van der Waals surface area contributed by atoms with Crippen molar-refractivity contribution in [2.45, 2.75) is 58.4 Å². The van der Waals surface area contributed by atoms with Gasteiger partial charge in [0.25, 0.3) is 0 Å². The highest BCUT2D eigenvalue weighted by molar-refractivity contribution is 5.07. The molecule has 1 heteroatoms. The Bertz CT molecular complexity index is 186. The van der Waals surface area contributed by atoms with Crippen molar-refractivity contribution in [2.75, 3.05) is 0 Å². The summed E-state index contributed by atoms with van der Waals surface area (Å²) in [5, 5.41) is 0. The molecule has 13 heavy (non-hydrogen) atoms. The highest BCUT2D eigenvalue weighted by Crippen LogP contribution is 2.58. The summed E-state index contributed by atoms with van der Waals surface area (Å²) in [5.41, 5.74) is 6.94. The van der Waals surface area contributed by atoms with E-state index in [1.165, 1.54) is 38.5 Å². The number of nitrogens with two attached hydrogens (primary N) is 1. The Morgan fingerprint density at radius 1 is 1.31 bits per heavy atom. The molecule has 2 rings (SSSR count). The lowest BCUT2D eigenvalue weighted by atomic mass is 9.66. The highest BCUT2D eigenvalue weighted by Gasteiger charge is 2.54. The van der Waals surface area contributed by atoms with Crippen molar-refractivity contribution in [3.63, 3.8) is 0 Å². The number of hydrogen-bond donors (Lipinski definition) is 1. The first-order chi connectivity index (χ1) is 6.24. The van der Waals surface area contributed by atoms with Gasteiger partial charge in [0.1, 0.15) is 0 Å². The van der Waals surface area contributed by atoms with Crippen LogP contribution in [-0.2, 0) is 0 Å². The van der Waals surface area contributed by atoms with Gasteiger partial charge in [0, 0.05) is 6.04 Å². The molecular weight excluding hydrogens is 158 g/mol. The van der Waals surface area contributed by atoms with Gasteiger partial charge in [-0.1, -0.05) is 20.3 Å². The van der Waals surface area contributed by atoms with Crippen LogP contribution in [-0.4, -0.2) is 6.04 Å². The fourth-order valence-electron chi connectivity index (χ4n) is 4.14. The maximum Gasteiger partial charge on any atom is 0.0127 e. The largest absolute Gasteiger partial charge is 0.327 e. The van der Waals surface area contributed by atoms with Crippen LogP contribution in [0.3, 0.4) is 0 Å². The molecule has 0 aromatic heterocycles. The molecule has 2 saturated carbocycles. The number of rotatable bonds is 3. The smallest absolute Gasteiger partial charge is 0.0127 e. The lowest BCUT2D eigenvalue weighted by Crippen LogP contribution is -2.45. The Labute approximate surface area is 82.1 Å². The van der Waals surface area contributed by atoms with Crippen LogP contribution < -0.4 is 5.73 Å². The average molecular weight is 181 g/mol. The van der Waals surface area contributed by atoms with E-state index in [0.717, 1.165) is 11.8 Å². The molecule has 0 aliphatic heterocycles. The van der Waals surface area contributed by atoms with Crippen molar-refractivity contribution < 1.29 is 0 Å². The van der Waals surface area contributed by atoms with Crippen LogP contribution >= 0.6 is 0 Å². The molecule has 0 aromatic rings. The first kappa shape index (κ1) is 9.51. The Morgan fingerprint density at radius 2 is 2.08 bits per heavy atom. The van der Waals surface area contributed by atoms with Crippen molar-refractivity contribution in [3.8, 4) is 0 Å². The molecule has 0 amide bonds. The standard InChI is InChI=1S/C12H23N/c1-3-7-12(4-2)10-6-5-9(8-10)11(12)13/h9-11H,3-8,13H2,1-2H3/t9-,10+,11-,12-/m1/s1. The molecule has 0 saturated heterocycles. The summed E-state index contributed by atoms with van der Waals surface area (Å²) >= 11 is 0. The monoisotopic (exact) mass is 181 g/mol. The Balaban J connectivity index is 2.19. The number of fused-ring (bicyclic) bond motifs is 2. The van der Waals surface area contributed by atoms with Gasteiger partial charge in [-0.3, -0.25) is 0 Å². The van der Waals surface area contributed by atoms with E-state index < -0.39 is 0 Å². The van der Waals surface area contributed by atoms with Gasteiger partial charge in [-0.25, -0.2) is 0 Å². The Kier molecular flexibility index (Phi) is 2.39. The predicted octanol–water partition coefficient (Wildman–Crippen LogP) is 2.94. The number of hydrogen-bond acceptors (Lipinski definition) is 1. The second kappa shape index (κ2) is 3.27. The molecule has 2 aliphatic rings. The zero-order valence-corrected chi connectivity index (χ0v) is 9.05. The maximum atomic E-state index is 6.40. The summed E-state index contributed by atoms with van der Waals surface area (Å²) in [7, 11) is 0. The van der Waals surface area contributed by atoms with E-state index in [4.69, 9.17) is 5.73 Å². The van der Waals surface area contributed by atoms with Crippen LogP contribution in [0.2, 0.25) is 0 Å². The molecule has 0 aromatic carbocycles. The van der Waals surface area contributed by atoms with Crippen molar-refractivity contribution >= 4 is 0 Å². The molecule has 0 spiro atoms. The van der Waals surface area contributed by atoms with Crippen molar-refractivity contribution in [1.82, 2.24) is 0 Å². The van der Waals surface area contributed by atoms with E-state index in [0.29, 0.717) is 11.5 Å². The molecule has 2 aliphatic carbocycles. The highest BCUT2D eigenvalue weighted by atomic mass is 14.8. The molecule has 0 heterocycles. The summed E-state index contributed by atoms with van der Waals surface area (Å²) in [6, 6.07) is 0.524. The molecule has 1 nitrogen and oxygen atoms in total. The van der Waals surface area contributed by atoms with Gasteiger partial charge in [-0.2, -0.15) is 0 Å². The first-order valence-electron chi connectivity index (χ1n) is 6.00. The van der Waals surface area contributed by atoms with Crippen molar-refractivity contribution in [3.05, 3.63) is 0 Å². The minimum atomic E-state index is 0.524. The van der Waals surface area contributed by atoms with Crippen LogP contribution in [0.25, 0.3) is 0 Å². The van der Waals surface area contributed by atoms with Crippen LogP contribution in [0.5, 0.6) is 0 Å². The van der Waals surface area contributed by atoms with Crippen molar-refractivity contribution in [1.29, 1.82) is 0 Å². The SMILES string of the molecule is CCC[C@]1(CC)[C@H]2CC[C@H](C2)[C@H]1N. The summed E-state index contributed by atoms with van der Waals surface area (Å²) in [6.07, 6.45) is 8.30. The summed E-state index contributed by atoms with van der Waals surface area (Å²) in [4.78, 5) is 0. The second-order valence-corrected chi connectivity index (χ2v) is 5.13. The van der Waals surface area contributed by atoms with Gasteiger partial charge >= 0.3 is 0 Å². The molecule has 2 fully saturated rings. The second-order valence-electron chi connectivity index (χ2n) is 5.13. The van der Waals surface area contributed by atoms with Crippen LogP contribution in [0.4, 0.5) is 0 Å². The minimum absolute atomic E-state index is 0.524. The van der Waals surface area contributed by atoms with Crippen LogP contribution in [0.1, 0.15) is 52.4 Å². The van der Waals surface area contributed by atoms with Gasteiger partial charge < -0.3 is 5.73 Å². The van der Waals surface area contributed by atoms with E-state index in [1.54, 1.807) is 0 Å². The van der Waals surface area contributed by atoms with Crippen LogP contribution in [0.15, 0.2) is 0 Å². The third-order valence-electron chi connectivity index (χ3n) is 4.83. The van der Waals surface area contributed by atoms with E-state index >= 15 is 0 Å². The third kappa shape index (κ3) is 1.16. The lowest BCUT2D eigenvalue weighted by Gasteiger charge is -2.42. The van der Waals surface area contributed by atoms with E-state index in [1.807, 2.05) is 0 Å². The van der Waals surface area contributed by atoms with Crippen molar-refractivity contribution in [2.24, 2.45) is 23.0 Å². The molecule has 76 valence electrons. The summed E-state index contributed by atoms with van der Waals surface area (Å²) < 4.78 is 0. The van der Waals surface area contributed by atoms with Gasteiger partial charge in [0.05, 0.1) is 0 Å². The lowest BCUT2D eigenvalue weighted by molar-refractivity contribution is 0.111. The van der Waals surface area contributed by atoms with E-state index in [-0.39, 0.29) is 0 Å². The predicted molar refractivity (Wildman–Crippen MR) is 56.4 cm³/mol. The summed E-state index contributed by atoms with van der Waals surface area (Å²) in [6.45, 7) is 4.65. The normalized spacial score (nSPS) is 48.7. The quantitative estimate of drug-likeness (QED) is 0.711. The fraction of sp³-hybridized carbons (Fsp3) is 1.00. The van der Waals surface area contributed by atoms with Gasteiger partial charge in [0.15, 0.2) is 0 Å². The molecule has 2 N–H and O–H groups in total. The topological polar surface area (TPSA) is 26.0 Å². The average Bonchev–Trinajstić information content (AvgIpc) is 2.69. The van der Waals surface area contributed by atoms with Gasteiger partial charge in [-0.05, 0) is 49.4 Å². The van der Waals surface area contributed by atoms with E-state index in [2.05, 4.69) is 13.8 Å². The molecule has 0 unspecified atom stereocenters. The minimum Gasteiger partial charge on any atom is -0.327 e. The first-order valence-corrected chi connectivity index (χ1v) is 6.00. The zero-order chi connectivity index (χ0) is 9.47. The molecule has 4 atom stereocenters. The molecular formula is C12H23N. The summed E-state index contributed by atoms with van der Waals surface area (Å²) in [5.74, 6) is 1.84. The Hall–Kier alpha value is -0.0400. The third-order valence-corrected chi connectivity index (χ3v) is 4.83. The molecule has 2 bridgehead atoms. The maximum absolute atomic E-state index is 6.40. The van der Waals surface area contributed by atoms with Gasteiger partial charge in [-0.15, -0.1) is 0 Å². The molecule has 0 radical (unpaired) electrons. The van der Waals surface area contributed by atoms with E-state index in [9.17, 15) is 0 Å². The van der Waals surface area contributed by atoms with Crippen LogP contribution in [0, 0.1) is 17.3 Å². The zero-order valence-electron chi connectivity index (χ0n) is 9.05.